The highest BCUT2D eigenvalue weighted by molar-refractivity contribution is 7.80. The molecule has 0 bridgehead atoms. The van der Waals surface area contributed by atoms with Crippen LogP contribution in [-0.4, -0.2) is 8.76 Å². The molecule has 0 saturated carbocycles. The summed E-state index contributed by atoms with van der Waals surface area (Å²) in [5.74, 6) is 0. The lowest BCUT2D eigenvalue weighted by molar-refractivity contribution is 0.564. The van der Waals surface area contributed by atoms with E-state index in [1.165, 1.54) is 10.6 Å². The molecule has 0 spiro atoms. The van der Waals surface area contributed by atoms with E-state index in [4.69, 9.17) is 0 Å². The topological polar surface area (TPSA) is 37.3 Å². The minimum absolute atomic E-state index is 0.442. The van der Waals surface area contributed by atoms with Crippen molar-refractivity contribution in [1.82, 2.24) is 0 Å². The Morgan fingerprint density at radius 1 is 0.682 bits per heavy atom. The molecule has 0 aliphatic rings. The average Bonchev–Trinajstić information content (AvgIpc) is 2.57. The van der Waals surface area contributed by atoms with Gasteiger partial charge in [0.05, 0.1) is 4.90 Å². The molecule has 1 atom stereocenters. The maximum absolute atomic E-state index is 11.4. The van der Waals surface area contributed by atoms with E-state index in [-0.39, 0.29) is 0 Å². The van der Waals surface area contributed by atoms with Gasteiger partial charge in [0.1, 0.15) is 0 Å². The Morgan fingerprint density at radius 3 is 1.68 bits per heavy atom. The van der Waals surface area contributed by atoms with Gasteiger partial charge in [-0.1, -0.05) is 72.8 Å². The lowest BCUT2D eigenvalue weighted by atomic mass is 10.3. The predicted molar refractivity (Wildman–Crippen MR) is 94.2 cm³/mol. The second-order valence-electron chi connectivity index (χ2n) is 4.75. The monoisotopic (exact) mass is 326 g/mol. The van der Waals surface area contributed by atoms with Crippen molar-refractivity contribution in [3.63, 3.8) is 0 Å². The molecule has 110 valence electrons. The Hall–Kier alpha value is -1.80. The molecule has 3 aromatic rings. The van der Waals surface area contributed by atoms with Crippen LogP contribution in [-0.2, 0) is 11.1 Å². The molecule has 0 aliphatic heterocycles. The van der Waals surface area contributed by atoms with Crippen molar-refractivity contribution in [2.24, 2.45) is 0 Å². The van der Waals surface area contributed by atoms with Crippen molar-refractivity contribution in [3.05, 3.63) is 84.9 Å². The first kappa shape index (κ1) is 15.1. The first-order valence-electron chi connectivity index (χ1n) is 6.87. The second-order valence-corrected chi connectivity index (χ2v) is 7.94. The zero-order valence-corrected chi connectivity index (χ0v) is 13.5. The van der Waals surface area contributed by atoms with Gasteiger partial charge in [-0.05, 0) is 36.0 Å². The van der Waals surface area contributed by atoms with E-state index < -0.39 is 19.0 Å². The Balaban J connectivity index is 2.14. The molecule has 0 radical (unpaired) electrons. The summed E-state index contributed by atoms with van der Waals surface area (Å²) in [6.45, 7) is 0. The van der Waals surface area contributed by atoms with Crippen molar-refractivity contribution >= 4 is 34.9 Å². The van der Waals surface area contributed by atoms with Crippen LogP contribution in [0.1, 0.15) is 0 Å². The summed E-state index contributed by atoms with van der Waals surface area (Å²) in [5, 5.41) is 3.53. The van der Waals surface area contributed by atoms with Gasteiger partial charge >= 0.3 is 0 Å². The molecule has 22 heavy (non-hydrogen) atoms. The molecule has 0 saturated heterocycles. The Bertz CT molecular complexity index is 736. The highest BCUT2D eigenvalue weighted by Gasteiger charge is 2.16. The van der Waals surface area contributed by atoms with Crippen LogP contribution in [0.2, 0.25) is 0 Å². The highest BCUT2D eigenvalue weighted by atomic mass is 32.2. The van der Waals surface area contributed by atoms with E-state index in [1.807, 2.05) is 54.6 Å². The fourth-order valence-electron chi connectivity index (χ4n) is 2.33. The van der Waals surface area contributed by atoms with Crippen LogP contribution in [0, 0.1) is 0 Å². The molecule has 3 aromatic carbocycles. The van der Waals surface area contributed by atoms with Crippen LogP contribution < -0.4 is 15.9 Å². The van der Waals surface area contributed by atoms with E-state index in [9.17, 15) is 8.76 Å². The molecule has 2 nitrogen and oxygen atoms in total. The van der Waals surface area contributed by atoms with Gasteiger partial charge in [-0.15, -0.1) is 0 Å². The first-order chi connectivity index (χ1) is 10.8. The van der Waals surface area contributed by atoms with Crippen LogP contribution in [0.15, 0.2) is 89.8 Å². The summed E-state index contributed by atoms with van der Waals surface area (Å²) in [7, 11) is -0.733. The van der Waals surface area contributed by atoms with Gasteiger partial charge in [0, 0.05) is 0 Å². The van der Waals surface area contributed by atoms with Crippen LogP contribution >= 0.6 is 7.92 Å². The third kappa shape index (κ3) is 3.33. The Labute approximate surface area is 133 Å². The molecular weight excluding hydrogens is 311 g/mol. The third-order valence-electron chi connectivity index (χ3n) is 3.31. The quantitative estimate of drug-likeness (QED) is 0.591. The molecular formula is C18H15O2PS. The summed E-state index contributed by atoms with van der Waals surface area (Å²) in [4.78, 5) is 0.442. The zero-order chi connectivity index (χ0) is 15.4. The van der Waals surface area contributed by atoms with Crippen molar-refractivity contribution in [3.8, 4) is 0 Å². The van der Waals surface area contributed by atoms with E-state index in [0.29, 0.717) is 4.90 Å². The maximum atomic E-state index is 11.4. The van der Waals surface area contributed by atoms with Gasteiger partial charge in [0.2, 0.25) is 0 Å². The van der Waals surface area contributed by atoms with Gasteiger partial charge in [0.25, 0.3) is 0 Å². The second kappa shape index (κ2) is 6.97. The first-order valence-corrected chi connectivity index (χ1v) is 9.32. The maximum Gasteiger partial charge on any atom is 0.186 e. The molecule has 0 aliphatic carbocycles. The largest absolute Gasteiger partial charge is 0.302 e. The van der Waals surface area contributed by atoms with Gasteiger partial charge in [-0.25, -0.2) is 4.21 Å². The summed E-state index contributed by atoms with van der Waals surface area (Å²) in [6.07, 6.45) is 0. The lowest BCUT2D eigenvalue weighted by Crippen LogP contribution is -2.20. The molecule has 1 unspecified atom stereocenters. The lowest BCUT2D eigenvalue weighted by Gasteiger charge is -2.19. The minimum atomic E-state index is -1.96. The van der Waals surface area contributed by atoms with Crippen LogP contribution in [0.25, 0.3) is 0 Å². The Kier molecular flexibility index (Phi) is 4.79. The molecule has 0 aromatic heterocycles. The molecule has 0 amide bonds. The van der Waals surface area contributed by atoms with E-state index >= 15 is 0 Å². The summed E-state index contributed by atoms with van der Waals surface area (Å²) in [6, 6.07) is 28.0. The smallest absolute Gasteiger partial charge is 0.186 e. The molecule has 3 rings (SSSR count). The van der Waals surface area contributed by atoms with E-state index in [1.54, 1.807) is 6.07 Å². The fraction of sp³-hybridized carbons (Fsp3) is 0. The SMILES string of the molecule is O=S(O)c1cccc(P(c2ccccc2)c2ccccc2)c1. The number of rotatable bonds is 4. The zero-order valence-electron chi connectivity index (χ0n) is 11.8. The number of hydrogen-bond donors (Lipinski definition) is 1. The standard InChI is InChI=1S/C18H15O2PS/c19-22(20)18-13-7-12-17(14-18)21(15-8-3-1-4-9-15)16-10-5-2-6-11-16/h1-14H,(H,19,20). The van der Waals surface area contributed by atoms with E-state index in [0.717, 1.165) is 5.30 Å². The third-order valence-corrected chi connectivity index (χ3v) is 6.39. The average molecular weight is 326 g/mol. The Morgan fingerprint density at radius 2 is 1.18 bits per heavy atom. The summed E-state index contributed by atoms with van der Waals surface area (Å²) in [5.41, 5.74) is 0. The summed E-state index contributed by atoms with van der Waals surface area (Å²) < 4.78 is 20.7. The number of benzene rings is 3. The van der Waals surface area contributed by atoms with Crippen LogP contribution in [0.3, 0.4) is 0 Å². The highest BCUT2D eigenvalue weighted by Crippen LogP contribution is 2.32. The normalized spacial score (nSPS) is 12.3. The molecule has 4 heteroatoms. The number of hydrogen-bond acceptors (Lipinski definition) is 1. The van der Waals surface area contributed by atoms with Gasteiger partial charge in [-0.3, -0.25) is 0 Å². The molecule has 0 fully saturated rings. The van der Waals surface area contributed by atoms with Crippen LogP contribution in [0.4, 0.5) is 0 Å². The molecule has 1 N–H and O–H groups in total. The van der Waals surface area contributed by atoms with Crippen molar-refractivity contribution in [1.29, 1.82) is 0 Å². The van der Waals surface area contributed by atoms with Gasteiger partial charge < -0.3 is 4.55 Å². The van der Waals surface area contributed by atoms with Crippen LogP contribution in [0.5, 0.6) is 0 Å². The summed E-state index contributed by atoms with van der Waals surface area (Å²) >= 11 is -1.96. The van der Waals surface area contributed by atoms with Gasteiger partial charge in [0.15, 0.2) is 11.1 Å². The van der Waals surface area contributed by atoms with Crippen molar-refractivity contribution < 1.29 is 8.76 Å². The van der Waals surface area contributed by atoms with E-state index in [2.05, 4.69) is 24.3 Å². The van der Waals surface area contributed by atoms with Crippen molar-refractivity contribution in [2.75, 3.05) is 0 Å². The van der Waals surface area contributed by atoms with Crippen molar-refractivity contribution in [2.45, 2.75) is 4.90 Å². The molecule has 0 heterocycles. The minimum Gasteiger partial charge on any atom is -0.302 e. The van der Waals surface area contributed by atoms with Gasteiger partial charge in [-0.2, -0.15) is 0 Å². The predicted octanol–water partition coefficient (Wildman–Crippen LogP) is 3.03. The fourth-order valence-corrected chi connectivity index (χ4v) is 5.18.